The summed E-state index contributed by atoms with van der Waals surface area (Å²) < 4.78 is 0. The van der Waals surface area contributed by atoms with Crippen LogP contribution in [0.1, 0.15) is 51.5 Å². The topological polar surface area (TPSA) is 12.0 Å². The van der Waals surface area contributed by atoms with Gasteiger partial charge >= 0.3 is 0 Å². The molecule has 1 aliphatic rings. The Balaban J connectivity index is 1.76. The SMILES string of the molecule is CCC(C)C(C)NC1CC(c2ccccc2)C1. The fourth-order valence-corrected chi connectivity index (χ4v) is 2.64. The molecular formula is C16H25N. The molecule has 1 saturated carbocycles. The molecule has 17 heavy (non-hydrogen) atoms. The molecule has 1 aromatic rings. The fraction of sp³-hybridized carbons (Fsp3) is 0.625. The molecule has 0 radical (unpaired) electrons. The van der Waals surface area contributed by atoms with Gasteiger partial charge in [0.2, 0.25) is 0 Å². The van der Waals surface area contributed by atoms with E-state index in [0.717, 1.165) is 17.9 Å². The van der Waals surface area contributed by atoms with E-state index in [4.69, 9.17) is 0 Å². The summed E-state index contributed by atoms with van der Waals surface area (Å²) in [5.41, 5.74) is 1.52. The molecule has 1 nitrogen and oxygen atoms in total. The molecule has 94 valence electrons. The lowest BCUT2D eigenvalue weighted by molar-refractivity contribution is 0.241. The lowest BCUT2D eigenvalue weighted by Crippen LogP contribution is -2.46. The zero-order valence-electron chi connectivity index (χ0n) is 11.3. The molecule has 1 aromatic carbocycles. The highest BCUT2D eigenvalue weighted by Crippen LogP contribution is 2.37. The molecule has 1 N–H and O–H groups in total. The molecule has 0 amide bonds. The minimum atomic E-state index is 0.654. The second kappa shape index (κ2) is 5.68. The second-order valence-corrected chi connectivity index (χ2v) is 5.62. The van der Waals surface area contributed by atoms with Crippen LogP contribution in [-0.4, -0.2) is 12.1 Å². The molecule has 1 heteroatoms. The van der Waals surface area contributed by atoms with Crippen molar-refractivity contribution in [1.29, 1.82) is 0 Å². The van der Waals surface area contributed by atoms with Gasteiger partial charge in [0.05, 0.1) is 0 Å². The Hall–Kier alpha value is -0.820. The van der Waals surface area contributed by atoms with Crippen molar-refractivity contribution in [2.45, 2.75) is 58.0 Å². The summed E-state index contributed by atoms with van der Waals surface area (Å²) in [6.07, 6.45) is 3.89. The monoisotopic (exact) mass is 231 g/mol. The van der Waals surface area contributed by atoms with E-state index >= 15 is 0 Å². The Morgan fingerprint density at radius 2 is 1.82 bits per heavy atom. The molecule has 2 rings (SSSR count). The molecule has 1 aliphatic carbocycles. The fourth-order valence-electron chi connectivity index (χ4n) is 2.64. The van der Waals surface area contributed by atoms with Crippen LogP contribution >= 0.6 is 0 Å². The number of rotatable bonds is 5. The van der Waals surface area contributed by atoms with Crippen LogP contribution in [-0.2, 0) is 0 Å². The first-order valence-corrected chi connectivity index (χ1v) is 7.01. The average molecular weight is 231 g/mol. The quantitative estimate of drug-likeness (QED) is 0.809. The molecule has 0 aromatic heterocycles. The maximum atomic E-state index is 3.77. The highest BCUT2D eigenvalue weighted by molar-refractivity contribution is 5.22. The van der Waals surface area contributed by atoms with Crippen molar-refractivity contribution in [2.24, 2.45) is 5.92 Å². The van der Waals surface area contributed by atoms with Gasteiger partial charge in [-0.3, -0.25) is 0 Å². The average Bonchev–Trinajstić information content (AvgIpc) is 2.33. The van der Waals surface area contributed by atoms with E-state index in [0.29, 0.717) is 6.04 Å². The summed E-state index contributed by atoms with van der Waals surface area (Å²) in [5.74, 6) is 1.57. The third-order valence-electron chi connectivity index (χ3n) is 4.41. The standard InChI is InChI=1S/C16H25N/c1-4-12(2)13(3)17-16-10-15(11-16)14-8-6-5-7-9-14/h5-9,12-13,15-17H,4,10-11H2,1-3H3. The first kappa shape index (κ1) is 12.6. The maximum Gasteiger partial charge on any atom is 0.00813 e. The predicted octanol–water partition coefficient (Wildman–Crippen LogP) is 3.96. The first-order valence-electron chi connectivity index (χ1n) is 7.01. The smallest absolute Gasteiger partial charge is 0.00813 e. The Kier molecular flexibility index (Phi) is 4.22. The van der Waals surface area contributed by atoms with Crippen molar-refractivity contribution >= 4 is 0 Å². The number of benzene rings is 1. The van der Waals surface area contributed by atoms with Gasteiger partial charge < -0.3 is 5.32 Å². The van der Waals surface area contributed by atoms with Crippen LogP contribution < -0.4 is 5.32 Å². The summed E-state index contributed by atoms with van der Waals surface area (Å²) in [6.45, 7) is 6.94. The van der Waals surface area contributed by atoms with Crippen molar-refractivity contribution in [3.63, 3.8) is 0 Å². The Morgan fingerprint density at radius 3 is 2.41 bits per heavy atom. The van der Waals surface area contributed by atoms with Crippen molar-refractivity contribution in [1.82, 2.24) is 5.32 Å². The normalized spacial score (nSPS) is 27.2. The van der Waals surface area contributed by atoms with Crippen LogP contribution in [0.3, 0.4) is 0 Å². The van der Waals surface area contributed by atoms with Crippen molar-refractivity contribution in [3.05, 3.63) is 35.9 Å². The van der Waals surface area contributed by atoms with Gasteiger partial charge in [-0.15, -0.1) is 0 Å². The summed E-state index contributed by atoms with van der Waals surface area (Å²) >= 11 is 0. The molecule has 0 spiro atoms. The number of hydrogen-bond acceptors (Lipinski definition) is 1. The maximum absolute atomic E-state index is 3.77. The highest BCUT2D eigenvalue weighted by atomic mass is 15.0. The molecule has 2 atom stereocenters. The van der Waals surface area contributed by atoms with Crippen LogP contribution in [0.25, 0.3) is 0 Å². The Bertz CT molecular complexity index is 327. The van der Waals surface area contributed by atoms with E-state index in [9.17, 15) is 0 Å². The summed E-state index contributed by atoms with van der Waals surface area (Å²) in [6, 6.07) is 12.3. The van der Waals surface area contributed by atoms with Gasteiger partial charge in [0.1, 0.15) is 0 Å². The van der Waals surface area contributed by atoms with E-state index in [-0.39, 0.29) is 0 Å². The molecule has 0 aliphatic heterocycles. The molecular weight excluding hydrogens is 206 g/mol. The van der Waals surface area contributed by atoms with Gasteiger partial charge in [-0.2, -0.15) is 0 Å². The lowest BCUT2D eigenvalue weighted by atomic mass is 9.75. The largest absolute Gasteiger partial charge is 0.311 e. The van der Waals surface area contributed by atoms with E-state index in [1.807, 2.05) is 0 Å². The van der Waals surface area contributed by atoms with Crippen LogP contribution in [0, 0.1) is 5.92 Å². The van der Waals surface area contributed by atoms with Gasteiger partial charge in [-0.1, -0.05) is 50.6 Å². The molecule has 0 saturated heterocycles. The van der Waals surface area contributed by atoms with E-state index < -0.39 is 0 Å². The van der Waals surface area contributed by atoms with Crippen molar-refractivity contribution < 1.29 is 0 Å². The minimum absolute atomic E-state index is 0.654. The zero-order chi connectivity index (χ0) is 12.3. The van der Waals surface area contributed by atoms with E-state index in [1.54, 1.807) is 0 Å². The highest BCUT2D eigenvalue weighted by Gasteiger charge is 2.31. The summed E-state index contributed by atoms with van der Waals surface area (Å²) in [5, 5.41) is 3.77. The van der Waals surface area contributed by atoms with E-state index in [2.05, 4.69) is 56.4 Å². The van der Waals surface area contributed by atoms with Crippen LogP contribution in [0.4, 0.5) is 0 Å². The van der Waals surface area contributed by atoms with Gasteiger partial charge in [0.25, 0.3) is 0 Å². The van der Waals surface area contributed by atoms with Gasteiger partial charge in [-0.05, 0) is 37.2 Å². The molecule has 1 fully saturated rings. The van der Waals surface area contributed by atoms with E-state index in [1.165, 1.54) is 24.8 Å². The molecule has 2 unspecified atom stereocenters. The summed E-state index contributed by atoms with van der Waals surface area (Å²) in [4.78, 5) is 0. The van der Waals surface area contributed by atoms with Crippen LogP contribution in [0.15, 0.2) is 30.3 Å². The molecule has 0 heterocycles. The van der Waals surface area contributed by atoms with Crippen LogP contribution in [0.5, 0.6) is 0 Å². The molecule has 0 bridgehead atoms. The van der Waals surface area contributed by atoms with Crippen molar-refractivity contribution in [3.8, 4) is 0 Å². The first-order chi connectivity index (χ1) is 8.20. The van der Waals surface area contributed by atoms with Gasteiger partial charge in [0.15, 0.2) is 0 Å². The van der Waals surface area contributed by atoms with Gasteiger partial charge in [-0.25, -0.2) is 0 Å². The minimum Gasteiger partial charge on any atom is -0.311 e. The Labute approximate surface area is 106 Å². The third kappa shape index (κ3) is 3.10. The Morgan fingerprint density at radius 1 is 1.18 bits per heavy atom. The predicted molar refractivity (Wildman–Crippen MR) is 74.3 cm³/mol. The van der Waals surface area contributed by atoms with Gasteiger partial charge in [0, 0.05) is 12.1 Å². The zero-order valence-corrected chi connectivity index (χ0v) is 11.3. The summed E-state index contributed by atoms with van der Waals surface area (Å²) in [7, 11) is 0. The third-order valence-corrected chi connectivity index (χ3v) is 4.41. The van der Waals surface area contributed by atoms with Crippen molar-refractivity contribution in [2.75, 3.05) is 0 Å². The van der Waals surface area contributed by atoms with Crippen LogP contribution in [0.2, 0.25) is 0 Å². The number of nitrogens with one attached hydrogen (secondary N) is 1. The second-order valence-electron chi connectivity index (χ2n) is 5.62. The lowest BCUT2D eigenvalue weighted by Gasteiger charge is -2.39. The number of hydrogen-bond donors (Lipinski definition) is 1.